The van der Waals surface area contributed by atoms with Gasteiger partial charge in [-0.2, -0.15) is 0 Å². The molecule has 1 unspecified atom stereocenters. The van der Waals surface area contributed by atoms with E-state index in [-0.39, 0.29) is 24.2 Å². The number of methoxy groups -OCH3 is 1. The van der Waals surface area contributed by atoms with E-state index >= 15 is 0 Å². The van der Waals surface area contributed by atoms with Crippen molar-refractivity contribution in [1.29, 1.82) is 0 Å². The van der Waals surface area contributed by atoms with Gasteiger partial charge in [-0.15, -0.1) is 0 Å². The summed E-state index contributed by atoms with van der Waals surface area (Å²) in [5.41, 5.74) is 3.76. The summed E-state index contributed by atoms with van der Waals surface area (Å²) >= 11 is 0. The number of amides is 1. The zero-order chi connectivity index (χ0) is 20.3. The smallest absolute Gasteiger partial charge is 0.355 e. The van der Waals surface area contributed by atoms with E-state index in [0.717, 1.165) is 24.8 Å². The van der Waals surface area contributed by atoms with E-state index in [2.05, 4.69) is 16.4 Å². The lowest BCUT2D eigenvalue weighted by molar-refractivity contribution is -0.125. The fourth-order valence-electron chi connectivity index (χ4n) is 3.71. The molecule has 1 aromatic carbocycles. The van der Waals surface area contributed by atoms with E-state index < -0.39 is 11.9 Å². The fourth-order valence-corrected chi connectivity index (χ4v) is 3.71. The highest BCUT2D eigenvalue weighted by molar-refractivity contribution is 5.99. The molecule has 0 radical (unpaired) electrons. The van der Waals surface area contributed by atoms with Crippen LogP contribution in [0.15, 0.2) is 24.3 Å². The van der Waals surface area contributed by atoms with Crippen LogP contribution in [0.4, 0.5) is 0 Å². The summed E-state index contributed by atoms with van der Waals surface area (Å²) in [5, 5.41) is 2.94. The Morgan fingerprint density at radius 1 is 1.18 bits per heavy atom. The van der Waals surface area contributed by atoms with Crippen LogP contribution in [0.1, 0.15) is 62.1 Å². The van der Waals surface area contributed by atoms with Crippen molar-refractivity contribution in [1.82, 2.24) is 10.3 Å². The lowest BCUT2D eigenvalue weighted by atomic mass is 9.88. The van der Waals surface area contributed by atoms with Gasteiger partial charge in [0.25, 0.3) is 5.91 Å². The molecule has 1 atom stereocenters. The van der Waals surface area contributed by atoms with E-state index in [4.69, 9.17) is 9.47 Å². The van der Waals surface area contributed by atoms with Crippen molar-refractivity contribution in [2.75, 3.05) is 13.7 Å². The van der Waals surface area contributed by atoms with Gasteiger partial charge in [-0.3, -0.25) is 4.79 Å². The van der Waals surface area contributed by atoms with Gasteiger partial charge in [0.2, 0.25) is 0 Å². The number of rotatable bonds is 5. The third kappa shape index (κ3) is 3.93. The number of hydrogen-bond donors (Lipinski definition) is 2. The quantitative estimate of drug-likeness (QED) is 0.773. The molecule has 28 heavy (non-hydrogen) atoms. The molecule has 1 aliphatic rings. The van der Waals surface area contributed by atoms with Crippen LogP contribution in [0.2, 0.25) is 0 Å². The number of hydrogen-bond acceptors (Lipinski definition) is 5. The predicted molar refractivity (Wildman–Crippen MR) is 102 cm³/mol. The number of aryl methyl sites for hydroxylation is 2. The molecule has 0 bridgehead atoms. The molecule has 0 saturated carbocycles. The van der Waals surface area contributed by atoms with Crippen molar-refractivity contribution in [3.63, 3.8) is 0 Å². The summed E-state index contributed by atoms with van der Waals surface area (Å²) in [5.74, 6) is -1.57. The fraction of sp³-hybridized carbons (Fsp3) is 0.381. The summed E-state index contributed by atoms with van der Waals surface area (Å²) in [6.07, 6.45) is 2.86. The third-order valence-electron chi connectivity index (χ3n) is 5.07. The molecule has 2 N–H and O–H groups in total. The Kier molecular flexibility index (Phi) is 5.82. The first-order valence-electron chi connectivity index (χ1n) is 9.24. The Hall–Kier alpha value is -3.09. The Morgan fingerprint density at radius 3 is 2.68 bits per heavy atom. The van der Waals surface area contributed by atoms with Crippen LogP contribution in [0, 0.1) is 13.8 Å². The molecule has 0 saturated heterocycles. The van der Waals surface area contributed by atoms with Gasteiger partial charge in [-0.1, -0.05) is 24.3 Å². The van der Waals surface area contributed by atoms with Gasteiger partial charge in [0.1, 0.15) is 5.69 Å². The van der Waals surface area contributed by atoms with Gasteiger partial charge in [0.05, 0.1) is 18.7 Å². The number of benzene rings is 1. The maximum Gasteiger partial charge on any atom is 0.355 e. The molecule has 0 spiro atoms. The number of carbonyl (C=O) groups excluding carboxylic acids is 3. The van der Waals surface area contributed by atoms with Crippen LogP contribution >= 0.6 is 0 Å². The Balaban J connectivity index is 1.61. The average Bonchev–Trinajstić information content (AvgIpc) is 3.00. The zero-order valence-electron chi connectivity index (χ0n) is 16.3. The van der Waals surface area contributed by atoms with Gasteiger partial charge in [0, 0.05) is 5.69 Å². The minimum Gasteiger partial charge on any atom is -0.465 e. The van der Waals surface area contributed by atoms with Crippen LogP contribution in [-0.2, 0) is 20.7 Å². The number of fused-ring (bicyclic) bond motifs is 1. The van der Waals surface area contributed by atoms with Crippen molar-refractivity contribution in [3.8, 4) is 0 Å². The predicted octanol–water partition coefficient (Wildman–Crippen LogP) is 2.77. The summed E-state index contributed by atoms with van der Waals surface area (Å²) in [6, 6.07) is 7.97. The van der Waals surface area contributed by atoms with Gasteiger partial charge >= 0.3 is 11.9 Å². The lowest BCUT2D eigenvalue weighted by Gasteiger charge is -2.26. The lowest BCUT2D eigenvalue weighted by Crippen LogP contribution is -2.34. The van der Waals surface area contributed by atoms with Gasteiger partial charge in [-0.05, 0) is 49.8 Å². The maximum atomic E-state index is 12.4. The van der Waals surface area contributed by atoms with E-state index in [1.165, 1.54) is 12.7 Å². The molecular formula is C21H24N2O5. The normalized spacial score (nSPS) is 15.5. The molecular weight excluding hydrogens is 360 g/mol. The largest absolute Gasteiger partial charge is 0.465 e. The summed E-state index contributed by atoms with van der Waals surface area (Å²) in [6.45, 7) is 2.91. The van der Waals surface area contributed by atoms with Crippen LogP contribution in [0.25, 0.3) is 0 Å². The average molecular weight is 384 g/mol. The third-order valence-corrected chi connectivity index (χ3v) is 5.07. The van der Waals surface area contributed by atoms with Crippen LogP contribution in [-0.4, -0.2) is 36.5 Å². The molecule has 2 aromatic rings. The maximum absolute atomic E-state index is 12.4. The van der Waals surface area contributed by atoms with Crippen LogP contribution < -0.4 is 5.32 Å². The van der Waals surface area contributed by atoms with E-state index in [1.807, 2.05) is 18.2 Å². The standard InChI is InChI=1S/C21H24N2O5/c1-12-18(20(25)27-3)13(2)22-19(12)21(26)28-11-17(24)23-16-10-6-8-14-7-4-5-9-15(14)16/h4-5,7,9,16,22H,6,8,10-11H2,1-3H3,(H,23,24). The molecule has 7 heteroatoms. The Bertz CT molecular complexity index is 916. The number of ether oxygens (including phenoxy) is 2. The number of aromatic nitrogens is 1. The van der Waals surface area contributed by atoms with Gasteiger partial charge in [-0.25, -0.2) is 9.59 Å². The second kappa shape index (κ2) is 8.29. The monoisotopic (exact) mass is 384 g/mol. The van der Waals surface area contributed by atoms with Crippen molar-refractivity contribution in [2.45, 2.75) is 39.2 Å². The topological polar surface area (TPSA) is 97.5 Å². The highest BCUT2D eigenvalue weighted by atomic mass is 16.5. The molecule has 1 amide bonds. The SMILES string of the molecule is COC(=O)c1c(C)[nH]c(C(=O)OCC(=O)NC2CCCc3ccccc32)c1C. The molecule has 1 heterocycles. The van der Waals surface area contributed by atoms with E-state index in [9.17, 15) is 14.4 Å². The van der Waals surface area contributed by atoms with Crippen molar-refractivity contribution in [3.05, 3.63) is 57.9 Å². The summed E-state index contributed by atoms with van der Waals surface area (Å²) in [7, 11) is 1.28. The van der Waals surface area contributed by atoms with Crippen molar-refractivity contribution in [2.24, 2.45) is 0 Å². The van der Waals surface area contributed by atoms with Crippen molar-refractivity contribution < 1.29 is 23.9 Å². The summed E-state index contributed by atoms with van der Waals surface area (Å²) < 4.78 is 9.87. The second-order valence-electron chi connectivity index (χ2n) is 6.90. The van der Waals surface area contributed by atoms with Crippen molar-refractivity contribution >= 4 is 17.8 Å². The molecule has 3 rings (SSSR count). The first-order chi connectivity index (χ1) is 13.4. The first kappa shape index (κ1) is 19.7. The molecule has 1 aromatic heterocycles. The number of H-pyrrole nitrogens is 1. The number of carbonyl (C=O) groups is 3. The number of aromatic amines is 1. The zero-order valence-corrected chi connectivity index (χ0v) is 16.3. The van der Waals surface area contributed by atoms with Gasteiger partial charge < -0.3 is 19.8 Å². The molecule has 0 fully saturated rings. The first-order valence-corrected chi connectivity index (χ1v) is 9.24. The minimum absolute atomic E-state index is 0.0726. The highest BCUT2D eigenvalue weighted by Crippen LogP contribution is 2.29. The molecule has 148 valence electrons. The molecule has 7 nitrogen and oxygen atoms in total. The van der Waals surface area contributed by atoms with Crippen LogP contribution in [0.5, 0.6) is 0 Å². The van der Waals surface area contributed by atoms with Gasteiger partial charge in [0.15, 0.2) is 6.61 Å². The molecule has 0 aliphatic heterocycles. The van der Waals surface area contributed by atoms with E-state index in [0.29, 0.717) is 16.8 Å². The Morgan fingerprint density at radius 2 is 1.93 bits per heavy atom. The van der Waals surface area contributed by atoms with E-state index in [1.54, 1.807) is 13.8 Å². The second-order valence-corrected chi connectivity index (χ2v) is 6.90. The highest BCUT2D eigenvalue weighted by Gasteiger charge is 2.25. The minimum atomic E-state index is -0.685. The van der Waals surface area contributed by atoms with Crippen LogP contribution in [0.3, 0.4) is 0 Å². The molecule has 1 aliphatic carbocycles. The Labute approximate surface area is 163 Å². The summed E-state index contributed by atoms with van der Waals surface area (Å²) in [4.78, 5) is 39.3. The number of esters is 2. The number of nitrogens with one attached hydrogen (secondary N) is 2.